The number of halogens is 1. The van der Waals surface area contributed by atoms with E-state index in [9.17, 15) is 9.59 Å². The van der Waals surface area contributed by atoms with Crippen molar-refractivity contribution in [3.8, 4) is 22.0 Å². The summed E-state index contributed by atoms with van der Waals surface area (Å²) in [5, 5.41) is 7.46. The number of carbonyl (C=O) groups excluding carboxylic acids is 1. The number of aromatic nitrogens is 3. The summed E-state index contributed by atoms with van der Waals surface area (Å²) in [5.41, 5.74) is 0.877. The lowest BCUT2D eigenvalue weighted by Crippen LogP contribution is -2.24. The van der Waals surface area contributed by atoms with Crippen LogP contribution in [0, 0.1) is 0 Å². The van der Waals surface area contributed by atoms with Crippen LogP contribution in [0.15, 0.2) is 58.1 Å². The fraction of sp³-hybridized carbons (Fsp3) is 0. The predicted octanol–water partition coefficient (Wildman–Crippen LogP) is 4.53. The van der Waals surface area contributed by atoms with E-state index in [1.54, 1.807) is 35.6 Å². The molecule has 9 heteroatoms. The molecular formula is C18H11ClN4O2S2. The number of carbonyl (C=O) groups is 1. The van der Waals surface area contributed by atoms with E-state index >= 15 is 0 Å². The van der Waals surface area contributed by atoms with Gasteiger partial charge in [0, 0.05) is 22.2 Å². The third-order valence-corrected chi connectivity index (χ3v) is 5.56. The van der Waals surface area contributed by atoms with E-state index in [0.29, 0.717) is 21.5 Å². The average Bonchev–Trinajstić information content (AvgIpc) is 3.33. The van der Waals surface area contributed by atoms with Crippen molar-refractivity contribution in [1.82, 2.24) is 15.0 Å². The first-order valence-electron chi connectivity index (χ1n) is 7.76. The highest BCUT2D eigenvalue weighted by Crippen LogP contribution is 2.28. The number of nitrogens with one attached hydrogen (secondary N) is 2. The Hall–Kier alpha value is -2.81. The van der Waals surface area contributed by atoms with Crippen LogP contribution >= 0.6 is 34.3 Å². The van der Waals surface area contributed by atoms with Gasteiger partial charge in [0.05, 0.1) is 10.6 Å². The minimum Gasteiger partial charge on any atom is -0.306 e. The van der Waals surface area contributed by atoms with Crippen molar-refractivity contribution in [3.63, 3.8) is 0 Å². The number of rotatable bonds is 4. The maximum atomic E-state index is 12.4. The molecule has 6 nitrogen and oxygen atoms in total. The number of nitrogens with zero attached hydrogens (tertiary/aromatic N) is 2. The maximum Gasteiger partial charge on any atom is 0.264 e. The molecule has 1 aromatic carbocycles. The second-order valence-corrected chi connectivity index (χ2v) is 7.69. The van der Waals surface area contributed by atoms with Gasteiger partial charge in [-0.15, -0.1) is 22.7 Å². The number of thiophene rings is 1. The largest absolute Gasteiger partial charge is 0.306 e. The molecule has 27 heavy (non-hydrogen) atoms. The molecular weight excluding hydrogens is 404 g/mol. The Morgan fingerprint density at radius 2 is 1.96 bits per heavy atom. The molecule has 0 aliphatic heterocycles. The highest BCUT2D eigenvalue weighted by molar-refractivity contribution is 7.16. The average molecular weight is 415 g/mol. The normalized spacial score (nSPS) is 10.7. The molecule has 0 radical (unpaired) electrons. The number of hydrogen-bond acceptors (Lipinski definition) is 6. The van der Waals surface area contributed by atoms with Crippen LogP contribution in [0.3, 0.4) is 0 Å². The van der Waals surface area contributed by atoms with Gasteiger partial charge >= 0.3 is 0 Å². The molecule has 0 unspecified atom stereocenters. The SMILES string of the molecule is O=C(Nc1nc(-c2cccs2)cs1)c1cnc(-c2ccc(Cl)cc2)[nH]c1=O. The van der Waals surface area contributed by atoms with Crippen LogP contribution in [0.2, 0.25) is 5.02 Å². The van der Waals surface area contributed by atoms with Gasteiger partial charge in [-0.1, -0.05) is 17.7 Å². The highest BCUT2D eigenvalue weighted by Gasteiger charge is 2.15. The van der Waals surface area contributed by atoms with Gasteiger partial charge < -0.3 is 4.98 Å². The molecule has 1 amide bonds. The van der Waals surface area contributed by atoms with Crippen LogP contribution in [0.4, 0.5) is 5.13 Å². The molecule has 4 rings (SSSR count). The lowest BCUT2D eigenvalue weighted by molar-refractivity contribution is 0.102. The van der Waals surface area contributed by atoms with Gasteiger partial charge in [-0.2, -0.15) is 0 Å². The van der Waals surface area contributed by atoms with E-state index < -0.39 is 11.5 Å². The zero-order valence-corrected chi connectivity index (χ0v) is 16.0. The molecule has 3 aromatic heterocycles. The van der Waals surface area contributed by atoms with Crippen molar-refractivity contribution in [2.45, 2.75) is 0 Å². The molecule has 3 heterocycles. The third-order valence-electron chi connectivity index (χ3n) is 3.66. The van der Waals surface area contributed by atoms with Crippen LogP contribution in [0.25, 0.3) is 22.0 Å². The van der Waals surface area contributed by atoms with Crippen molar-refractivity contribution < 1.29 is 4.79 Å². The van der Waals surface area contributed by atoms with Gasteiger partial charge in [-0.05, 0) is 35.7 Å². The predicted molar refractivity (Wildman–Crippen MR) is 109 cm³/mol. The Bertz CT molecular complexity index is 1150. The molecule has 4 aromatic rings. The zero-order valence-electron chi connectivity index (χ0n) is 13.6. The fourth-order valence-corrected chi connectivity index (χ4v) is 3.94. The molecule has 0 aliphatic carbocycles. The first-order chi connectivity index (χ1) is 13.1. The van der Waals surface area contributed by atoms with E-state index in [1.807, 2.05) is 22.9 Å². The van der Waals surface area contributed by atoms with Crippen LogP contribution < -0.4 is 10.9 Å². The van der Waals surface area contributed by atoms with E-state index in [1.165, 1.54) is 17.5 Å². The number of amides is 1. The summed E-state index contributed by atoms with van der Waals surface area (Å²) < 4.78 is 0. The zero-order chi connectivity index (χ0) is 18.8. The summed E-state index contributed by atoms with van der Waals surface area (Å²) in [6.45, 7) is 0. The molecule has 0 fully saturated rings. The maximum absolute atomic E-state index is 12.4. The van der Waals surface area contributed by atoms with Gasteiger partial charge in [-0.25, -0.2) is 9.97 Å². The minimum atomic E-state index is -0.557. The number of benzene rings is 1. The van der Waals surface area contributed by atoms with Gasteiger partial charge in [-0.3, -0.25) is 14.9 Å². The van der Waals surface area contributed by atoms with Gasteiger partial charge in [0.15, 0.2) is 5.13 Å². The van der Waals surface area contributed by atoms with Crippen LogP contribution in [-0.4, -0.2) is 20.9 Å². The van der Waals surface area contributed by atoms with E-state index in [-0.39, 0.29) is 5.56 Å². The Kier molecular flexibility index (Phi) is 4.85. The highest BCUT2D eigenvalue weighted by atomic mass is 35.5. The Morgan fingerprint density at radius 1 is 1.15 bits per heavy atom. The fourth-order valence-electron chi connectivity index (χ4n) is 2.34. The van der Waals surface area contributed by atoms with Crippen LogP contribution in [0.5, 0.6) is 0 Å². The molecule has 2 N–H and O–H groups in total. The Morgan fingerprint density at radius 3 is 2.67 bits per heavy atom. The van der Waals surface area contributed by atoms with Gasteiger partial charge in [0.25, 0.3) is 11.5 Å². The first kappa shape index (κ1) is 17.6. The molecule has 0 aliphatic rings. The summed E-state index contributed by atoms with van der Waals surface area (Å²) in [5.74, 6) is -0.194. The van der Waals surface area contributed by atoms with E-state index in [4.69, 9.17) is 11.6 Å². The van der Waals surface area contributed by atoms with Crippen molar-refractivity contribution in [2.75, 3.05) is 5.32 Å². The number of thiazole rings is 1. The molecule has 134 valence electrons. The van der Waals surface area contributed by atoms with Gasteiger partial charge in [0.1, 0.15) is 11.4 Å². The van der Waals surface area contributed by atoms with E-state index in [2.05, 4.69) is 20.3 Å². The Balaban J connectivity index is 1.54. The number of hydrogen-bond donors (Lipinski definition) is 2. The monoisotopic (exact) mass is 414 g/mol. The van der Waals surface area contributed by atoms with Crippen LogP contribution in [-0.2, 0) is 0 Å². The third kappa shape index (κ3) is 3.82. The summed E-state index contributed by atoms with van der Waals surface area (Å²) in [7, 11) is 0. The van der Waals surface area contributed by atoms with Crippen molar-refractivity contribution in [2.24, 2.45) is 0 Å². The Labute approximate surface area is 166 Å². The molecule has 0 spiro atoms. The smallest absolute Gasteiger partial charge is 0.264 e. The summed E-state index contributed by atoms with van der Waals surface area (Å²) in [6.07, 6.45) is 1.26. The number of anilines is 1. The number of aromatic amines is 1. The second-order valence-electron chi connectivity index (χ2n) is 5.45. The standard InChI is InChI=1S/C18H11ClN4O2S2/c19-11-5-3-10(4-6-11)15-20-8-12(16(24)22-15)17(25)23-18-21-13(9-27-18)14-2-1-7-26-14/h1-9H,(H,20,22,24)(H,21,23,25). The van der Waals surface area contributed by atoms with Gasteiger partial charge in [0.2, 0.25) is 0 Å². The molecule has 0 saturated carbocycles. The molecule has 0 saturated heterocycles. The quantitative estimate of drug-likeness (QED) is 0.513. The molecule has 0 bridgehead atoms. The second kappa shape index (κ2) is 7.43. The van der Waals surface area contributed by atoms with Crippen molar-refractivity contribution in [1.29, 1.82) is 0 Å². The summed E-state index contributed by atoms with van der Waals surface area (Å²) in [6, 6.07) is 10.8. The minimum absolute atomic E-state index is 0.0828. The first-order valence-corrected chi connectivity index (χ1v) is 9.90. The lowest BCUT2D eigenvalue weighted by Gasteiger charge is -2.04. The molecule has 0 atom stereocenters. The van der Waals surface area contributed by atoms with Crippen LogP contribution in [0.1, 0.15) is 10.4 Å². The lowest BCUT2D eigenvalue weighted by atomic mass is 10.2. The summed E-state index contributed by atoms with van der Waals surface area (Å²) in [4.78, 5) is 36.9. The van der Waals surface area contributed by atoms with Crippen molar-refractivity contribution >= 4 is 45.3 Å². The number of H-pyrrole nitrogens is 1. The summed E-state index contributed by atoms with van der Waals surface area (Å²) >= 11 is 8.72. The topological polar surface area (TPSA) is 87.7 Å². The van der Waals surface area contributed by atoms with E-state index in [0.717, 1.165) is 10.6 Å². The van der Waals surface area contributed by atoms with Crippen molar-refractivity contribution in [3.05, 3.63) is 74.3 Å².